The molecular weight excluding hydrogens is 257 g/mol. The minimum atomic E-state index is -1.15. The largest absolute Gasteiger partial charge is 0.444 e. The van der Waals surface area contributed by atoms with Crippen LogP contribution in [0.25, 0.3) is 0 Å². The molecule has 0 saturated carbocycles. The Hall–Kier alpha value is -2.25. The molecule has 19 heavy (non-hydrogen) atoms. The van der Waals surface area contributed by atoms with Gasteiger partial charge >= 0.3 is 5.97 Å². The number of esters is 1. The van der Waals surface area contributed by atoms with Gasteiger partial charge in [-0.15, -0.1) is 0 Å². The van der Waals surface area contributed by atoms with Crippen molar-refractivity contribution in [1.82, 2.24) is 9.55 Å². The Morgan fingerprint density at radius 1 is 1.53 bits per heavy atom. The smallest absolute Gasteiger partial charge is 0.307 e. The Labute approximate surface area is 108 Å². The first kappa shape index (κ1) is 14.8. The van der Waals surface area contributed by atoms with Gasteiger partial charge in [-0.25, -0.2) is 4.98 Å². The number of nitrogens with two attached hydrogens (primary N) is 1. The van der Waals surface area contributed by atoms with Gasteiger partial charge in [0.05, 0.1) is 6.20 Å². The van der Waals surface area contributed by atoms with Crippen molar-refractivity contribution >= 4 is 11.9 Å². The summed E-state index contributed by atoms with van der Waals surface area (Å²) in [7, 11) is 0. The Balaban J connectivity index is 2.88. The molecule has 0 radical (unpaired) electrons. The summed E-state index contributed by atoms with van der Waals surface area (Å²) in [5.41, 5.74) is 3.24. The Morgan fingerprint density at radius 3 is 2.68 bits per heavy atom. The number of aromatic nitrogens is 2. The fraction of sp³-hybridized carbons (Fsp3) is 0.455. The molecule has 0 fully saturated rings. The SMILES string of the molecule is CC(C)CC(=O)OCn1cc(F)nc(C(N)=O)c1=O. The van der Waals surface area contributed by atoms with Crippen LogP contribution in [0, 0.1) is 11.9 Å². The van der Waals surface area contributed by atoms with Crippen molar-refractivity contribution in [1.29, 1.82) is 0 Å². The molecular formula is C11H14FN3O4. The highest BCUT2D eigenvalue weighted by atomic mass is 19.1. The van der Waals surface area contributed by atoms with Crippen LogP contribution in [0.3, 0.4) is 0 Å². The van der Waals surface area contributed by atoms with Crippen LogP contribution in [-0.4, -0.2) is 21.4 Å². The predicted molar refractivity (Wildman–Crippen MR) is 62.5 cm³/mol. The first-order valence-electron chi connectivity index (χ1n) is 5.53. The van der Waals surface area contributed by atoms with Gasteiger partial charge in [-0.3, -0.25) is 19.0 Å². The Bertz CT molecular complexity index is 553. The van der Waals surface area contributed by atoms with E-state index in [1.54, 1.807) is 0 Å². The number of amides is 1. The lowest BCUT2D eigenvalue weighted by atomic mass is 10.1. The molecule has 0 atom stereocenters. The summed E-state index contributed by atoms with van der Waals surface area (Å²) < 4.78 is 18.6. The van der Waals surface area contributed by atoms with Gasteiger partial charge in [-0.05, 0) is 5.92 Å². The van der Waals surface area contributed by atoms with E-state index in [1.807, 2.05) is 13.8 Å². The number of ether oxygens (including phenoxy) is 1. The van der Waals surface area contributed by atoms with Crippen molar-refractivity contribution in [3.05, 3.63) is 28.2 Å². The number of hydrogen-bond acceptors (Lipinski definition) is 5. The van der Waals surface area contributed by atoms with Gasteiger partial charge in [0.15, 0.2) is 12.4 Å². The summed E-state index contributed by atoms with van der Waals surface area (Å²) >= 11 is 0. The standard InChI is InChI=1S/C11H14FN3O4/c1-6(2)3-8(16)19-5-15-4-7(12)14-9(10(13)17)11(15)18/h4,6H,3,5H2,1-2H3,(H2,13,17). The van der Waals surface area contributed by atoms with Crippen LogP contribution in [0.4, 0.5) is 4.39 Å². The maximum Gasteiger partial charge on any atom is 0.307 e. The molecule has 0 aliphatic rings. The molecule has 0 spiro atoms. The molecule has 0 aliphatic heterocycles. The van der Waals surface area contributed by atoms with E-state index in [2.05, 4.69) is 4.98 Å². The van der Waals surface area contributed by atoms with Crippen LogP contribution in [0.1, 0.15) is 30.8 Å². The summed E-state index contributed by atoms with van der Waals surface area (Å²) in [6.07, 6.45) is 0.905. The number of carbonyl (C=O) groups excluding carboxylic acids is 2. The average Bonchev–Trinajstić information content (AvgIpc) is 2.28. The third-order valence-corrected chi connectivity index (χ3v) is 2.12. The van der Waals surface area contributed by atoms with Crippen molar-refractivity contribution in [3.8, 4) is 0 Å². The fourth-order valence-electron chi connectivity index (χ4n) is 1.30. The lowest BCUT2D eigenvalue weighted by Crippen LogP contribution is -2.32. The van der Waals surface area contributed by atoms with Gasteiger partial charge in [0.25, 0.3) is 11.5 Å². The van der Waals surface area contributed by atoms with E-state index >= 15 is 0 Å². The summed E-state index contributed by atoms with van der Waals surface area (Å²) in [5, 5.41) is 0. The molecule has 1 heterocycles. The zero-order valence-corrected chi connectivity index (χ0v) is 10.6. The lowest BCUT2D eigenvalue weighted by molar-refractivity contribution is -0.148. The minimum absolute atomic E-state index is 0.0968. The van der Waals surface area contributed by atoms with Gasteiger partial charge in [-0.1, -0.05) is 13.8 Å². The van der Waals surface area contributed by atoms with E-state index in [-0.39, 0.29) is 12.3 Å². The monoisotopic (exact) mass is 271 g/mol. The van der Waals surface area contributed by atoms with Crippen LogP contribution < -0.4 is 11.3 Å². The highest BCUT2D eigenvalue weighted by Gasteiger charge is 2.14. The molecule has 1 aromatic rings. The number of carbonyl (C=O) groups is 2. The molecule has 0 unspecified atom stereocenters. The summed E-state index contributed by atoms with van der Waals surface area (Å²) in [6, 6.07) is 0. The van der Waals surface area contributed by atoms with Gasteiger partial charge in [-0.2, -0.15) is 4.39 Å². The molecule has 1 rings (SSSR count). The quantitative estimate of drug-likeness (QED) is 0.761. The van der Waals surface area contributed by atoms with Gasteiger partial charge in [0.1, 0.15) is 0 Å². The summed E-state index contributed by atoms with van der Waals surface area (Å²) in [4.78, 5) is 36.9. The molecule has 8 heteroatoms. The molecule has 0 aliphatic carbocycles. The average molecular weight is 271 g/mol. The minimum Gasteiger partial charge on any atom is -0.444 e. The number of nitrogens with zero attached hydrogens (tertiary/aromatic N) is 2. The third kappa shape index (κ3) is 4.16. The number of halogens is 1. The molecule has 0 saturated heterocycles. The topological polar surface area (TPSA) is 104 Å². The summed E-state index contributed by atoms with van der Waals surface area (Å²) in [6.45, 7) is 3.15. The fourth-order valence-corrected chi connectivity index (χ4v) is 1.30. The molecule has 1 amide bonds. The van der Waals surface area contributed by atoms with Crippen molar-refractivity contribution in [2.45, 2.75) is 27.0 Å². The summed E-state index contributed by atoms with van der Waals surface area (Å²) in [5.74, 6) is -2.64. The third-order valence-electron chi connectivity index (χ3n) is 2.12. The van der Waals surface area contributed by atoms with E-state index in [0.29, 0.717) is 0 Å². The first-order chi connectivity index (χ1) is 8.81. The maximum absolute atomic E-state index is 13.1. The second kappa shape index (κ2) is 6.07. The van der Waals surface area contributed by atoms with Crippen LogP contribution >= 0.6 is 0 Å². The van der Waals surface area contributed by atoms with E-state index in [4.69, 9.17) is 10.5 Å². The molecule has 104 valence electrons. The zero-order valence-electron chi connectivity index (χ0n) is 10.6. The van der Waals surface area contributed by atoms with E-state index < -0.39 is 35.8 Å². The van der Waals surface area contributed by atoms with Crippen LogP contribution in [0.5, 0.6) is 0 Å². The molecule has 0 bridgehead atoms. The van der Waals surface area contributed by atoms with Gasteiger partial charge < -0.3 is 10.5 Å². The second-order valence-electron chi connectivity index (χ2n) is 4.29. The van der Waals surface area contributed by atoms with Crippen molar-refractivity contribution in [2.24, 2.45) is 11.7 Å². The van der Waals surface area contributed by atoms with E-state index in [9.17, 15) is 18.8 Å². The van der Waals surface area contributed by atoms with E-state index in [1.165, 1.54) is 0 Å². The Kier molecular flexibility index (Phi) is 4.74. The van der Waals surface area contributed by atoms with E-state index in [0.717, 1.165) is 10.8 Å². The van der Waals surface area contributed by atoms with Crippen LogP contribution in [0.15, 0.2) is 11.0 Å². The van der Waals surface area contributed by atoms with Crippen molar-refractivity contribution < 1.29 is 18.7 Å². The zero-order chi connectivity index (χ0) is 14.6. The van der Waals surface area contributed by atoms with Crippen molar-refractivity contribution in [2.75, 3.05) is 0 Å². The normalized spacial score (nSPS) is 10.5. The van der Waals surface area contributed by atoms with Crippen LogP contribution in [0.2, 0.25) is 0 Å². The second-order valence-corrected chi connectivity index (χ2v) is 4.29. The van der Waals surface area contributed by atoms with Gasteiger partial charge in [0, 0.05) is 6.42 Å². The maximum atomic E-state index is 13.1. The highest BCUT2D eigenvalue weighted by molar-refractivity contribution is 5.90. The van der Waals surface area contributed by atoms with Crippen molar-refractivity contribution in [3.63, 3.8) is 0 Å². The molecule has 2 N–H and O–H groups in total. The Morgan fingerprint density at radius 2 is 2.16 bits per heavy atom. The lowest BCUT2D eigenvalue weighted by Gasteiger charge is -2.09. The number of rotatable bonds is 5. The molecule has 0 aromatic carbocycles. The predicted octanol–water partition coefficient (Wildman–Crippen LogP) is 0.0281. The number of hydrogen-bond donors (Lipinski definition) is 1. The molecule has 1 aromatic heterocycles. The number of primary amides is 1. The highest BCUT2D eigenvalue weighted by Crippen LogP contribution is 2.01. The van der Waals surface area contributed by atoms with Crippen LogP contribution in [-0.2, 0) is 16.3 Å². The van der Waals surface area contributed by atoms with Gasteiger partial charge in [0.2, 0.25) is 5.95 Å². The first-order valence-corrected chi connectivity index (χ1v) is 5.53. The molecule has 7 nitrogen and oxygen atoms in total.